The fraction of sp³-hybridized carbons (Fsp3) is 0.100. The Bertz CT molecular complexity index is 381. The van der Waals surface area contributed by atoms with Gasteiger partial charge < -0.3 is 10.6 Å². The van der Waals surface area contributed by atoms with E-state index in [1.165, 1.54) is 12.1 Å². The summed E-state index contributed by atoms with van der Waals surface area (Å²) in [5.74, 6) is -0.489. The molecule has 0 bridgehead atoms. The highest BCUT2D eigenvalue weighted by molar-refractivity contribution is 6.29. The molecule has 5 heteroatoms. The van der Waals surface area contributed by atoms with Crippen LogP contribution >= 0.6 is 11.6 Å². The second-order valence-electron chi connectivity index (χ2n) is 2.80. The quantitative estimate of drug-likeness (QED) is 0.821. The van der Waals surface area contributed by atoms with Crippen molar-refractivity contribution in [1.82, 2.24) is 5.32 Å². The van der Waals surface area contributed by atoms with E-state index in [9.17, 15) is 9.18 Å². The molecular formula is C10H10ClFN2O. The lowest BCUT2D eigenvalue weighted by molar-refractivity contribution is 0.253. The molecule has 1 aromatic carbocycles. The molecular weight excluding hydrogens is 219 g/mol. The lowest BCUT2D eigenvalue weighted by Gasteiger charge is -2.07. The standard InChI is InChI=1S/C10H10ClFN2O/c1-7(11)6-13-10(15)14-9-5-3-2-4-8(9)12/h2-5H,1,6H2,(H2,13,14,15). The van der Waals surface area contributed by atoms with Crippen molar-refractivity contribution >= 4 is 23.3 Å². The molecule has 1 rings (SSSR count). The summed E-state index contributed by atoms with van der Waals surface area (Å²) < 4.78 is 13.1. The molecule has 2 amide bonds. The summed E-state index contributed by atoms with van der Waals surface area (Å²) in [6.07, 6.45) is 0. The first-order valence-corrected chi connectivity index (χ1v) is 4.60. The minimum atomic E-state index is -0.526. The predicted molar refractivity (Wildman–Crippen MR) is 58.4 cm³/mol. The molecule has 0 fully saturated rings. The van der Waals surface area contributed by atoms with E-state index in [-0.39, 0.29) is 12.2 Å². The summed E-state index contributed by atoms with van der Waals surface area (Å²) in [5.41, 5.74) is 0.121. The van der Waals surface area contributed by atoms with Crippen molar-refractivity contribution in [2.24, 2.45) is 0 Å². The zero-order chi connectivity index (χ0) is 11.3. The van der Waals surface area contributed by atoms with E-state index < -0.39 is 11.8 Å². The summed E-state index contributed by atoms with van der Waals surface area (Å²) in [4.78, 5) is 11.2. The van der Waals surface area contributed by atoms with Gasteiger partial charge in [0.25, 0.3) is 0 Å². The summed E-state index contributed by atoms with van der Waals surface area (Å²) in [5, 5.41) is 5.05. The van der Waals surface area contributed by atoms with Gasteiger partial charge in [-0.15, -0.1) is 0 Å². The third-order valence-corrected chi connectivity index (χ3v) is 1.70. The van der Waals surface area contributed by atoms with E-state index in [0.717, 1.165) is 0 Å². The van der Waals surface area contributed by atoms with E-state index in [1.54, 1.807) is 12.1 Å². The largest absolute Gasteiger partial charge is 0.333 e. The average molecular weight is 229 g/mol. The molecule has 2 N–H and O–H groups in total. The molecule has 0 unspecified atom stereocenters. The maximum absolute atomic E-state index is 13.1. The van der Waals surface area contributed by atoms with Crippen molar-refractivity contribution in [3.63, 3.8) is 0 Å². The van der Waals surface area contributed by atoms with Gasteiger partial charge in [0.15, 0.2) is 0 Å². The van der Waals surface area contributed by atoms with Crippen LogP contribution < -0.4 is 10.6 Å². The molecule has 0 heterocycles. The highest BCUT2D eigenvalue weighted by Crippen LogP contribution is 2.11. The highest BCUT2D eigenvalue weighted by atomic mass is 35.5. The number of carbonyl (C=O) groups excluding carboxylic acids is 1. The number of nitrogens with one attached hydrogen (secondary N) is 2. The predicted octanol–water partition coefficient (Wildman–Crippen LogP) is 2.70. The van der Waals surface area contributed by atoms with Crippen LogP contribution in [0, 0.1) is 5.82 Å². The lowest BCUT2D eigenvalue weighted by atomic mass is 10.3. The van der Waals surface area contributed by atoms with Crippen LogP contribution in [0.2, 0.25) is 0 Å². The molecule has 80 valence electrons. The van der Waals surface area contributed by atoms with Gasteiger partial charge in [-0.25, -0.2) is 9.18 Å². The van der Waals surface area contributed by atoms with Gasteiger partial charge in [-0.2, -0.15) is 0 Å². The first kappa shape index (κ1) is 11.5. The van der Waals surface area contributed by atoms with E-state index in [1.807, 2.05) is 0 Å². The number of carbonyl (C=O) groups is 1. The van der Waals surface area contributed by atoms with Crippen LogP contribution in [0.5, 0.6) is 0 Å². The monoisotopic (exact) mass is 228 g/mol. The molecule has 0 saturated heterocycles. The maximum Gasteiger partial charge on any atom is 0.319 e. The first-order chi connectivity index (χ1) is 7.09. The molecule has 0 spiro atoms. The molecule has 0 aromatic heterocycles. The number of amides is 2. The summed E-state index contributed by atoms with van der Waals surface area (Å²) >= 11 is 5.45. The summed E-state index contributed by atoms with van der Waals surface area (Å²) in [6.45, 7) is 3.54. The minimum absolute atomic E-state index is 0.121. The molecule has 15 heavy (non-hydrogen) atoms. The van der Waals surface area contributed by atoms with Crippen LogP contribution in [-0.2, 0) is 0 Å². The van der Waals surface area contributed by atoms with Crippen LogP contribution in [0.1, 0.15) is 0 Å². The third kappa shape index (κ3) is 3.99. The molecule has 0 aliphatic heterocycles. The number of rotatable bonds is 3. The first-order valence-electron chi connectivity index (χ1n) is 4.22. The SMILES string of the molecule is C=C(Cl)CNC(=O)Nc1ccccc1F. The number of urea groups is 1. The van der Waals surface area contributed by atoms with E-state index >= 15 is 0 Å². The molecule has 0 saturated carbocycles. The zero-order valence-electron chi connectivity index (χ0n) is 7.89. The average Bonchev–Trinajstić information content (AvgIpc) is 2.18. The maximum atomic E-state index is 13.1. The zero-order valence-corrected chi connectivity index (χ0v) is 8.64. The summed E-state index contributed by atoms with van der Waals surface area (Å²) in [6, 6.07) is 5.36. The van der Waals surface area contributed by atoms with Gasteiger partial charge in [0.1, 0.15) is 5.82 Å². The Morgan fingerprint density at radius 2 is 2.13 bits per heavy atom. The van der Waals surface area contributed by atoms with Gasteiger partial charge >= 0.3 is 6.03 Å². The van der Waals surface area contributed by atoms with E-state index in [2.05, 4.69) is 17.2 Å². The fourth-order valence-electron chi connectivity index (χ4n) is 0.905. The third-order valence-electron chi connectivity index (χ3n) is 1.56. The molecule has 0 aliphatic carbocycles. The highest BCUT2D eigenvalue weighted by Gasteiger charge is 2.04. The molecule has 0 atom stereocenters. The number of hydrogen-bond acceptors (Lipinski definition) is 1. The number of para-hydroxylation sites is 1. The molecule has 1 aromatic rings. The number of halogens is 2. The van der Waals surface area contributed by atoms with Crippen LogP contribution in [-0.4, -0.2) is 12.6 Å². The Morgan fingerprint density at radius 1 is 1.47 bits per heavy atom. The van der Waals surface area contributed by atoms with Crippen LogP contribution in [0.4, 0.5) is 14.9 Å². The van der Waals surface area contributed by atoms with E-state index in [0.29, 0.717) is 5.03 Å². The van der Waals surface area contributed by atoms with Gasteiger partial charge in [0.2, 0.25) is 0 Å². The van der Waals surface area contributed by atoms with Gasteiger partial charge in [-0.1, -0.05) is 30.3 Å². The minimum Gasteiger partial charge on any atom is -0.333 e. The van der Waals surface area contributed by atoms with Crippen LogP contribution in [0.3, 0.4) is 0 Å². The normalized spacial score (nSPS) is 9.47. The van der Waals surface area contributed by atoms with Crippen molar-refractivity contribution < 1.29 is 9.18 Å². The van der Waals surface area contributed by atoms with Gasteiger partial charge in [-0.3, -0.25) is 0 Å². The van der Waals surface area contributed by atoms with Gasteiger partial charge in [0, 0.05) is 5.03 Å². The molecule has 0 radical (unpaired) electrons. The van der Waals surface area contributed by atoms with Crippen molar-refractivity contribution in [3.05, 3.63) is 41.7 Å². The van der Waals surface area contributed by atoms with Crippen molar-refractivity contribution in [3.8, 4) is 0 Å². The van der Waals surface area contributed by atoms with Crippen molar-refractivity contribution in [2.75, 3.05) is 11.9 Å². The Kier molecular flexibility index (Phi) is 4.12. The number of anilines is 1. The Balaban J connectivity index is 2.52. The number of hydrogen-bond donors (Lipinski definition) is 2. The second-order valence-corrected chi connectivity index (χ2v) is 3.34. The Hall–Kier alpha value is -1.55. The Labute approximate surface area is 91.9 Å². The van der Waals surface area contributed by atoms with Crippen molar-refractivity contribution in [1.29, 1.82) is 0 Å². The molecule has 0 aliphatic rings. The van der Waals surface area contributed by atoms with E-state index in [4.69, 9.17) is 11.6 Å². The second kappa shape index (κ2) is 5.36. The van der Waals surface area contributed by atoms with Crippen LogP contribution in [0.15, 0.2) is 35.9 Å². The smallest absolute Gasteiger partial charge is 0.319 e. The van der Waals surface area contributed by atoms with Crippen LogP contribution in [0.25, 0.3) is 0 Å². The molecule has 3 nitrogen and oxygen atoms in total. The topological polar surface area (TPSA) is 41.1 Å². The van der Waals surface area contributed by atoms with Gasteiger partial charge in [0.05, 0.1) is 12.2 Å². The summed E-state index contributed by atoms with van der Waals surface area (Å²) in [7, 11) is 0. The fourth-order valence-corrected chi connectivity index (χ4v) is 0.972. The lowest BCUT2D eigenvalue weighted by Crippen LogP contribution is -2.29. The number of benzene rings is 1. The van der Waals surface area contributed by atoms with Gasteiger partial charge in [-0.05, 0) is 12.1 Å². The van der Waals surface area contributed by atoms with Crippen molar-refractivity contribution in [2.45, 2.75) is 0 Å². The Morgan fingerprint density at radius 3 is 2.73 bits per heavy atom.